The summed E-state index contributed by atoms with van der Waals surface area (Å²) in [6.45, 7) is 2.34. The van der Waals surface area contributed by atoms with Gasteiger partial charge in [0.25, 0.3) is 5.91 Å². The van der Waals surface area contributed by atoms with Gasteiger partial charge in [-0.2, -0.15) is 12.7 Å². The Balaban J connectivity index is 0.00000364. The van der Waals surface area contributed by atoms with Crippen LogP contribution in [0, 0.1) is 5.41 Å². The predicted molar refractivity (Wildman–Crippen MR) is 188 cm³/mol. The SMILES string of the molecule is COc1ccc2c(c1)C1C[C@]1(C(=O)N1C3CCC1CN(C)C3)Cn1c-2c(C2CCCCC2)c2ccc(C(=O)NS(=O)(=O)N(C)C)cc21.Cl. The van der Waals surface area contributed by atoms with E-state index in [0.717, 1.165) is 77.4 Å². The fourth-order valence-corrected chi connectivity index (χ4v) is 9.93. The highest BCUT2D eigenvalue weighted by atomic mass is 35.5. The number of carbonyl (C=O) groups excluding carboxylic acids is 2. The van der Waals surface area contributed by atoms with Gasteiger partial charge < -0.3 is 19.1 Å². The Bertz CT molecular complexity index is 1890. The summed E-state index contributed by atoms with van der Waals surface area (Å²) in [6, 6.07) is 12.4. The van der Waals surface area contributed by atoms with Crippen molar-refractivity contribution in [3.05, 3.63) is 53.1 Å². The normalized spacial score (nSPS) is 26.7. The van der Waals surface area contributed by atoms with E-state index in [4.69, 9.17) is 4.74 Å². The van der Waals surface area contributed by atoms with Crippen LogP contribution in [0.5, 0.6) is 5.75 Å². The Kier molecular flexibility index (Phi) is 8.37. The fourth-order valence-electron chi connectivity index (χ4n) is 9.39. The number of fused-ring (bicyclic) bond motifs is 9. The summed E-state index contributed by atoms with van der Waals surface area (Å²) < 4.78 is 36.4. The Morgan fingerprint density at radius 1 is 0.979 bits per heavy atom. The molecule has 3 aromatic rings. The van der Waals surface area contributed by atoms with Gasteiger partial charge in [0.1, 0.15) is 5.75 Å². The van der Waals surface area contributed by atoms with Gasteiger partial charge >= 0.3 is 10.2 Å². The number of piperazine rings is 1. The van der Waals surface area contributed by atoms with Crippen LogP contribution >= 0.6 is 12.4 Å². The summed E-state index contributed by atoms with van der Waals surface area (Å²) in [5, 5.41) is 1.09. The van der Waals surface area contributed by atoms with Crippen molar-refractivity contribution in [2.24, 2.45) is 5.41 Å². The summed E-state index contributed by atoms with van der Waals surface area (Å²) in [5.41, 5.74) is 5.33. The molecule has 258 valence electrons. The topological polar surface area (TPSA) is 104 Å². The molecule has 0 spiro atoms. The van der Waals surface area contributed by atoms with Gasteiger partial charge in [-0.1, -0.05) is 25.3 Å². The van der Waals surface area contributed by atoms with Gasteiger partial charge in [0.15, 0.2) is 0 Å². The minimum atomic E-state index is -3.96. The Morgan fingerprint density at radius 3 is 2.35 bits per heavy atom. The van der Waals surface area contributed by atoms with Gasteiger partial charge in [-0.15, -0.1) is 12.4 Å². The molecule has 10 nitrogen and oxygen atoms in total. The molecule has 2 aromatic carbocycles. The number of aromatic nitrogens is 1. The lowest BCUT2D eigenvalue weighted by atomic mass is 9.81. The molecule has 1 aromatic heterocycles. The number of methoxy groups -OCH3 is 1. The average molecular weight is 696 g/mol. The molecule has 4 heterocycles. The number of rotatable bonds is 6. The summed E-state index contributed by atoms with van der Waals surface area (Å²) in [4.78, 5) is 33.0. The second-order valence-electron chi connectivity index (χ2n) is 14.8. The highest BCUT2D eigenvalue weighted by molar-refractivity contribution is 7.87. The van der Waals surface area contributed by atoms with Crippen LogP contribution in [0.4, 0.5) is 0 Å². The number of hydrogen-bond donors (Lipinski definition) is 1. The molecule has 48 heavy (non-hydrogen) atoms. The molecule has 5 aliphatic rings. The van der Waals surface area contributed by atoms with Crippen LogP contribution in [0.1, 0.15) is 84.7 Å². The van der Waals surface area contributed by atoms with E-state index in [9.17, 15) is 18.0 Å². The Morgan fingerprint density at radius 2 is 1.69 bits per heavy atom. The first kappa shape index (κ1) is 33.4. The van der Waals surface area contributed by atoms with E-state index in [0.29, 0.717) is 12.5 Å². The summed E-state index contributed by atoms with van der Waals surface area (Å²) in [6.07, 6.45) is 8.64. The number of halogens is 1. The monoisotopic (exact) mass is 695 g/mol. The Labute approximate surface area is 289 Å². The number of carbonyl (C=O) groups is 2. The van der Waals surface area contributed by atoms with Gasteiger partial charge in [-0.05, 0) is 86.5 Å². The molecule has 2 saturated heterocycles. The predicted octanol–water partition coefficient (Wildman–Crippen LogP) is 5.11. The summed E-state index contributed by atoms with van der Waals surface area (Å²) in [7, 11) is 2.67. The zero-order chi connectivity index (χ0) is 32.8. The fraction of sp³-hybridized carbons (Fsp3) is 0.556. The van der Waals surface area contributed by atoms with Crippen molar-refractivity contribution in [2.45, 2.75) is 81.8 Å². The van der Waals surface area contributed by atoms with Crippen LogP contribution in [0.3, 0.4) is 0 Å². The van der Waals surface area contributed by atoms with Crippen molar-refractivity contribution in [1.29, 1.82) is 0 Å². The third kappa shape index (κ3) is 5.15. The van der Waals surface area contributed by atoms with Gasteiger partial charge in [0.2, 0.25) is 5.91 Å². The van der Waals surface area contributed by atoms with E-state index in [1.165, 1.54) is 44.5 Å². The van der Waals surface area contributed by atoms with Crippen LogP contribution in [0.25, 0.3) is 22.2 Å². The molecule has 2 aliphatic carbocycles. The van der Waals surface area contributed by atoms with Crippen molar-refractivity contribution in [3.8, 4) is 17.0 Å². The highest BCUT2D eigenvalue weighted by Gasteiger charge is 2.65. The molecule has 1 N–H and O–H groups in total. The van der Waals surface area contributed by atoms with Gasteiger partial charge in [-0.25, -0.2) is 4.72 Å². The third-order valence-corrected chi connectivity index (χ3v) is 13.2. The summed E-state index contributed by atoms with van der Waals surface area (Å²) >= 11 is 0. The standard InChI is InChI=1S/C36H45N5O5S.ClH/c1-38(2)47(44,45)37-34(42)23-10-14-28-31(16-23)40-21-36(35(43)41-24-11-12-25(41)20-39(3)19-24)18-30(36)29-17-26(46-4)13-15-27(29)33(40)32(28)22-8-6-5-7-9-22;/h10,13-17,22,24-25,30H,5-9,11-12,18-21H2,1-4H3,(H,37,42);1H/t24?,25?,30?,36-;/m0./s1. The minimum absolute atomic E-state index is 0. The molecule has 8 rings (SSSR count). The van der Waals surface area contributed by atoms with Gasteiger partial charge in [-0.3, -0.25) is 9.59 Å². The Hall–Kier alpha value is -3.12. The maximum Gasteiger partial charge on any atom is 0.303 e. The number of likely N-dealkylation sites (N-methyl/N-ethyl adjacent to an activating group) is 1. The number of benzene rings is 2. The largest absolute Gasteiger partial charge is 0.497 e. The van der Waals surface area contributed by atoms with Crippen molar-refractivity contribution < 1.29 is 22.7 Å². The number of hydrogen-bond acceptors (Lipinski definition) is 6. The zero-order valence-corrected chi connectivity index (χ0v) is 29.8. The van der Waals surface area contributed by atoms with Crippen LogP contribution in [-0.4, -0.2) is 92.3 Å². The molecule has 2 amide bonds. The second kappa shape index (κ2) is 12.0. The van der Waals surface area contributed by atoms with E-state index in [-0.39, 0.29) is 41.9 Å². The van der Waals surface area contributed by atoms with E-state index in [1.807, 2.05) is 18.2 Å². The summed E-state index contributed by atoms with van der Waals surface area (Å²) in [5.74, 6) is 0.822. The zero-order valence-electron chi connectivity index (χ0n) is 28.2. The van der Waals surface area contributed by atoms with Gasteiger partial charge in [0, 0.05) is 73.8 Å². The molecule has 0 radical (unpaired) electrons. The molecule has 12 heteroatoms. The molecular weight excluding hydrogens is 650 g/mol. The quantitative estimate of drug-likeness (QED) is 0.384. The first-order chi connectivity index (χ1) is 22.5. The molecule has 3 aliphatic heterocycles. The smallest absolute Gasteiger partial charge is 0.303 e. The van der Waals surface area contributed by atoms with Crippen molar-refractivity contribution >= 4 is 45.3 Å². The number of ether oxygens (including phenoxy) is 1. The third-order valence-electron chi connectivity index (χ3n) is 11.8. The van der Waals surface area contributed by atoms with Crippen molar-refractivity contribution in [2.75, 3.05) is 41.3 Å². The molecule has 4 fully saturated rings. The number of nitrogens with zero attached hydrogens (tertiary/aromatic N) is 4. The van der Waals surface area contributed by atoms with Crippen LogP contribution in [0.2, 0.25) is 0 Å². The lowest BCUT2D eigenvalue weighted by Gasteiger charge is -2.41. The van der Waals surface area contributed by atoms with Crippen molar-refractivity contribution in [1.82, 2.24) is 23.4 Å². The lowest BCUT2D eigenvalue weighted by Crippen LogP contribution is -2.57. The van der Waals surface area contributed by atoms with Crippen LogP contribution in [0.15, 0.2) is 36.4 Å². The van der Waals surface area contributed by atoms with E-state index in [2.05, 4.69) is 38.3 Å². The number of amides is 2. The van der Waals surface area contributed by atoms with Crippen LogP contribution in [-0.2, 0) is 21.5 Å². The maximum atomic E-state index is 15.0. The highest BCUT2D eigenvalue weighted by Crippen LogP contribution is 2.66. The molecule has 3 unspecified atom stereocenters. The minimum Gasteiger partial charge on any atom is -0.497 e. The molecule has 2 saturated carbocycles. The number of likely N-dealkylation sites (tertiary alicyclic amines) is 1. The van der Waals surface area contributed by atoms with E-state index in [1.54, 1.807) is 13.2 Å². The lowest BCUT2D eigenvalue weighted by molar-refractivity contribution is -0.143. The molecular formula is C36H46ClN5O5S. The average Bonchev–Trinajstić information content (AvgIpc) is 3.64. The second-order valence-corrected chi connectivity index (χ2v) is 16.7. The first-order valence-electron chi connectivity index (χ1n) is 17.1. The van der Waals surface area contributed by atoms with Crippen LogP contribution < -0.4 is 9.46 Å². The molecule has 2 bridgehead atoms. The van der Waals surface area contributed by atoms with Crippen molar-refractivity contribution in [3.63, 3.8) is 0 Å². The van der Waals surface area contributed by atoms with Gasteiger partial charge in [0.05, 0.1) is 18.2 Å². The maximum absolute atomic E-state index is 15.0. The molecule has 4 atom stereocenters. The number of nitrogens with one attached hydrogen (secondary N) is 1. The van der Waals surface area contributed by atoms with E-state index < -0.39 is 21.5 Å². The first-order valence-corrected chi connectivity index (χ1v) is 18.6. The van der Waals surface area contributed by atoms with E-state index >= 15 is 0 Å².